The summed E-state index contributed by atoms with van der Waals surface area (Å²) in [5.74, 6) is 3.03. The second kappa shape index (κ2) is 9.96. The van der Waals surface area contributed by atoms with Crippen LogP contribution in [0.2, 0.25) is 0 Å². The SMILES string of the molecule is CCCCCCCN(CCC)[C@H]1CC[C@H]2[C@@H]3CC[C@H]4N(C)C(=O)CC[C@]4(C)[C@H]3CC[C@]12C. The fraction of sp³-hybridized carbons (Fsp3) is 0.966. The molecule has 0 N–H and O–H groups in total. The maximum atomic E-state index is 12.4. The number of likely N-dealkylation sites (tertiary alicyclic amines) is 1. The number of fused-ring (bicyclic) bond motifs is 5. The van der Waals surface area contributed by atoms with Crippen LogP contribution < -0.4 is 0 Å². The zero-order valence-electron chi connectivity index (χ0n) is 22.0. The predicted octanol–water partition coefficient (Wildman–Crippen LogP) is 6.90. The van der Waals surface area contributed by atoms with E-state index in [0.29, 0.717) is 22.8 Å². The minimum absolute atomic E-state index is 0.355. The average Bonchev–Trinajstić information content (AvgIpc) is 3.13. The Morgan fingerprint density at radius 3 is 2.34 bits per heavy atom. The number of nitrogens with zero attached hydrogens (tertiary/aromatic N) is 2. The fourth-order valence-electron chi connectivity index (χ4n) is 9.35. The van der Waals surface area contributed by atoms with Crippen molar-refractivity contribution in [2.24, 2.45) is 28.6 Å². The fourth-order valence-corrected chi connectivity index (χ4v) is 9.35. The zero-order valence-corrected chi connectivity index (χ0v) is 22.0. The van der Waals surface area contributed by atoms with Gasteiger partial charge in [-0.25, -0.2) is 0 Å². The molecule has 0 spiro atoms. The van der Waals surface area contributed by atoms with E-state index in [1.54, 1.807) is 0 Å². The summed E-state index contributed by atoms with van der Waals surface area (Å²) in [7, 11) is 2.09. The Morgan fingerprint density at radius 1 is 0.844 bits per heavy atom. The van der Waals surface area contributed by atoms with Gasteiger partial charge in [-0.3, -0.25) is 9.69 Å². The zero-order chi connectivity index (χ0) is 22.9. The topological polar surface area (TPSA) is 23.6 Å². The molecule has 1 aliphatic heterocycles. The van der Waals surface area contributed by atoms with E-state index in [9.17, 15) is 4.79 Å². The second-order valence-electron chi connectivity index (χ2n) is 12.6. The largest absolute Gasteiger partial charge is 0.342 e. The van der Waals surface area contributed by atoms with Crippen molar-refractivity contribution in [3.63, 3.8) is 0 Å². The van der Waals surface area contributed by atoms with Gasteiger partial charge in [0, 0.05) is 25.6 Å². The average molecular weight is 445 g/mol. The number of carbonyl (C=O) groups is 1. The third kappa shape index (κ3) is 4.18. The summed E-state index contributed by atoms with van der Waals surface area (Å²) in [6, 6.07) is 1.30. The lowest BCUT2D eigenvalue weighted by molar-refractivity contribution is -0.158. The first-order valence-electron chi connectivity index (χ1n) is 14.4. The smallest absolute Gasteiger partial charge is 0.222 e. The van der Waals surface area contributed by atoms with E-state index in [-0.39, 0.29) is 0 Å². The Bertz CT molecular complexity index is 649. The lowest BCUT2D eigenvalue weighted by Crippen LogP contribution is -2.62. The number of piperidine rings is 1. The summed E-state index contributed by atoms with van der Waals surface area (Å²) in [6.45, 7) is 12.6. The molecule has 0 bridgehead atoms. The van der Waals surface area contributed by atoms with E-state index < -0.39 is 0 Å². The molecular weight excluding hydrogens is 392 g/mol. The molecule has 4 aliphatic rings. The normalized spacial score (nSPS) is 41.5. The Balaban J connectivity index is 1.46. The summed E-state index contributed by atoms with van der Waals surface area (Å²) in [4.78, 5) is 17.5. The van der Waals surface area contributed by atoms with Crippen molar-refractivity contribution in [1.82, 2.24) is 9.80 Å². The van der Waals surface area contributed by atoms with Crippen LogP contribution in [0.3, 0.4) is 0 Å². The third-order valence-electron chi connectivity index (χ3n) is 11.0. The van der Waals surface area contributed by atoms with Gasteiger partial charge in [-0.1, -0.05) is 53.4 Å². The van der Waals surface area contributed by atoms with Gasteiger partial charge in [-0.2, -0.15) is 0 Å². The molecule has 184 valence electrons. The van der Waals surface area contributed by atoms with Gasteiger partial charge in [0.05, 0.1) is 0 Å². The number of carbonyl (C=O) groups excluding carboxylic acids is 1. The van der Waals surface area contributed by atoms with Gasteiger partial charge < -0.3 is 4.90 Å². The molecule has 0 aromatic heterocycles. The first-order valence-corrected chi connectivity index (χ1v) is 14.4. The molecule has 1 saturated heterocycles. The van der Waals surface area contributed by atoms with Crippen LogP contribution in [-0.2, 0) is 4.79 Å². The van der Waals surface area contributed by atoms with Crippen LogP contribution in [0.5, 0.6) is 0 Å². The first kappa shape index (κ1) is 24.6. The van der Waals surface area contributed by atoms with Crippen LogP contribution in [0.15, 0.2) is 0 Å². The van der Waals surface area contributed by atoms with E-state index in [0.717, 1.165) is 36.6 Å². The number of rotatable bonds is 9. The van der Waals surface area contributed by atoms with Crippen LogP contribution in [-0.4, -0.2) is 47.9 Å². The van der Waals surface area contributed by atoms with Gasteiger partial charge in [0.2, 0.25) is 5.91 Å². The Hall–Kier alpha value is -0.570. The molecule has 3 nitrogen and oxygen atoms in total. The lowest BCUT2D eigenvalue weighted by atomic mass is 9.47. The van der Waals surface area contributed by atoms with Gasteiger partial charge >= 0.3 is 0 Å². The Labute approximate surface area is 199 Å². The highest BCUT2D eigenvalue weighted by Crippen LogP contribution is 2.65. The van der Waals surface area contributed by atoms with E-state index in [1.807, 2.05) is 0 Å². The molecular formula is C29H52N2O. The van der Waals surface area contributed by atoms with Crippen molar-refractivity contribution in [2.75, 3.05) is 20.1 Å². The monoisotopic (exact) mass is 444 g/mol. The summed E-state index contributed by atoms with van der Waals surface area (Å²) >= 11 is 0. The maximum absolute atomic E-state index is 12.4. The maximum Gasteiger partial charge on any atom is 0.222 e. The predicted molar refractivity (Wildman–Crippen MR) is 135 cm³/mol. The van der Waals surface area contributed by atoms with Crippen LogP contribution in [0.1, 0.15) is 118 Å². The molecule has 0 aromatic rings. The molecule has 4 fully saturated rings. The first-order chi connectivity index (χ1) is 15.4. The molecule has 1 heterocycles. The second-order valence-corrected chi connectivity index (χ2v) is 12.6. The molecule has 0 aromatic carbocycles. The van der Waals surface area contributed by atoms with E-state index in [1.165, 1.54) is 90.1 Å². The summed E-state index contributed by atoms with van der Waals surface area (Å²) in [5.41, 5.74) is 0.868. The van der Waals surface area contributed by atoms with E-state index in [2.05, 4.69) is 44.5 Å². The minimum atomic E-state index is 0.355. The van der Waals surface area contributed by atoms with Crippen molar-refractivity contribution < 1.29 is 4.79 Å². The summed E-state index contributed by atoms with van der Waals surface area (Å²) in [5, 5.41) is 0. The molecule has 32 heavy (non-hydrogen) atoms. The van der Waals surface area contributed by atoms with Crippen LogP contribution in [0, 0.1) is 28.6 Å². The Kier molecular flexibility index (Phi) is 7.64. The molecule has 3 aliphatic carbocycles. The third-order valence-corrected chi connectivity index (χ3v) is 11.0. The molecule has 0 unspecified atom stereocenters. The molecule has 1 amide bonds. The molecule has 7 atom stereocenters. The van der Waals surface area contributed by atoms with Crippen LogP contribution in [0.4, 0.5) is 0 Å². The van der Waals surface area contributed by atoms with E-state index in [4.69, 9.17) is 0 Å². The highest BCUT2D eigenvalue weighted by atomic mass is 16.2. The highest BCUT2D eigenvalue weighted by Gasteiger charge is 2.61. The minimum Gasteiger partial charge on any atom is -0.342 e. The standard InChI is InChI=1S/C29H52N2O/c1-6-8-9-10-11-21-31(20-7-2)26-15-13-23-22-12-14-25-28(3,19-17-27(32)30(25)5)24(22)16-18-29(23,26)4/h22-26H,6-21H2,1-5H3/t22-,23-,24-,25+,26-,28+,29-/m0/s1. The summed E-state index contributed by atoms with van der Waals surface area (Å²) in [6.07, 6.45) is 18.5. The van der Waals surface area contributed by atoms with E-state index >= 15 is 0 Å². The number of hydrogen-bond donors (Lipinski definition) is 0. The lowest BCUT2D eigenvalue weighted by Gasteiger charge is -2.62. The molecule has 4 rings (SSSR count). The van der Waals surface area contributed by atoms with Crippen molar-refractivity contribution in [1.29, 1.82) is 0 Å². The van der Waals surface area contributed by atoms with Crippen molar-refractivity contribution in [3.05, 3.63) is 0 Å². The van der Waals surface area contributed by atoms with Crippen molar-refractivity contribution >= 4 is 5.91 Å². The summed E-state index contributed by atoms with van der Waals surface area (Å²) < 4.78 is 0. The number of hydrogen-bond acceptors (Lipinski definition) is 2. The van der Waals surface area contributed by atoms with Gasteiger partial charge in [-0.15, -0.1) is 0 Å². The number of unbranched alkanes of at least 4 members (excludes halogenated alkanes) is 4. The molecule has 3 heteroatoms. The molecule has 0 radical (unpaired) electrons. The number of amides is 1. The quantitative estimate of drug-likeness (QED) is 0.361. The van der Waals surface area contributed by atoms with Crippen molar-refractivity contribution in [3.8, 4) is 0 Å². The highest BCUT2D eigenvalue weighted by molar-refractivity contribution is 5.77. The van der Waals surface area contributed by atoms with Gasteiger partial charge in [0.25, 0.3) is 0 Å². The van der Waals surface area contributed by atoms with Crippen molar-refractivity contribution in [2.45, 2.75) is 130 Å². The Morgan fingerprint density at radius 2 is 1.59 bits per heavy atom. The van der Waals surface area contributed by atoms with Gasteiger partial charge in [0.15, 0.2) is 0 Å². The van der Waals surface area contributed by atoms with Gasteiger partial charge in [0.1, 0.15) is 0 Å². The van der Waals surface area contributed by atoms with Gasteiger partial charge in [-0.05, 0) is 99.5 Å². The molecule has 3 saturated carbocycles. The van der Waals surface area contributed by atoms with Crippen LogP contribution in [0.25, 0.3) is 0 Å². The van der Waals surface area contributed by atoms with Crippen LogP contribution >= 0.6 is 0 Å².